The van der Waals surface area contributed by atoms with E-state index in [0.29, 0.717) is 0 Å². The number of carboxylic acid groups (broad SMARTS) is 1. The molecular formula is C14H9ClF3NO3. The van der Waals surface area contributed by atoms with Crippen LogP contribution in [0.25, 0.3) is 11.3 Å². The molecule has 2 aromatic rings. The topological polar surface area (TPSA) is 59.4 Å². The highest BCUT2D eigenvalue weighted by atomic mass is 35.5. The van der Waals surface area contributed by atoms with Crippen LogP contribution in [-0.4, -0.2) is 22.4 Å². The SMILES string of the molecule is O=C(O)Cc1ccc(Cl)c(-c2ccccc2OC(F)(F)F)n1. The van der Waals surface area contributed by atoms with Gasteiger partial charge in [0.2, 0.25) is 0 Å². The summed E-state index contributed by atoms with van der Waals surface area (Å²) in [5.41, 5.74) is 0.228. The molecule has 0 atom stereocenters. The van der Waals surface area contributed by atoms with E-state index in [-0.39, 0.29) is 28.4 Å². The Morgan fingerprint density at radius 1 is 1.23 bits per heavy atom. The Kier molecular flexibility index (Phi) is 4.56. The molecule has 1 aromatic heterocycles. The van der Waals surface area contributed by atoms with Crippen LogP contribution in [-0.2, 0) is 11.2 Å². The van der Waals surface area contributed by atoms with Crippen LogP contribution in [0.4, 0.5) is 13.2 Å². The van der Waals surface area contributed by atoms with Crippen molar-refractivity contribution >= 4 is 17.6 Å². The Bertz CT molecular complexity index is 704. The van der Waals surface area contributed by atoms with Crippen LogP contribution >= 0.6 is 11.6 Å². The average molecular weight is 332 g/mol. The van der Waals surface area contributed by atoms with Gasteiger partial charge in [0.15, 0.2) is 0 Å². The number of hydrogen-bond acceptors (Lipinski definition) is 3. The molecule has 1 aromatic carbocycles. The van der Waals surface area contributed by atoms with E-state index in [1.54, 1.807) is 0 Å². The highest BCUT2D eigenvalue weighted by molar-refractivity contribution is 6.33. The molecule has 22 heavy (non-hydrogen) atoms. The van der Waals surface area contributed by atoms with Crippen molar-refractivity contribution in [1.82, 2.24) is 4.98 Å². The van der Waals surface area contributed by atoms with Gasteiger partial charge < -0.3 is 9.84 Å². The largest absolute Gasteiger partial charge is 0.573 e. The summed E-state index contributed by atoms with van der Waals surface area (Å²) in [5, 5.41) is 8.85. The highest BCUT2D eigenvalue weighted by Gasteiger charge is 2.32. The molecule has 8 heteroatoms. The zero-order valence-corrected chi connectivity index (χ0v) is 11.6. The van der Waals surface area contributed by atoms with Crippen LogP contribution in [0.2, 0.25) is 5.02 Å². The molecule has 0 saturated carbocycles. The van der Waals surface area contributed by atoms with E-state index in [1.807, 2.05) is 0 Å². The van der Waals surface area contributed by atoms with Crippen molar-refractivity contribution in [2.24, 2.45) is 0 Å². The number of alkyl halides is 3. The maximum absolute atomic E-state index is 12.4. The zero-order chi connectivity index (χ0) is 16.3. The summed E-state index contributed by atoms with van der Waals surface area (Å²) in [5.74, 6) is -1.57. The highest BCUT2D eigenvalue weighted by Crippen LogP contribution is 2.36. The maximum atomic E-state index is 12.4. The predicted octanol–water partition coefficient (Wildman–Crippen LogP) is 3.93. The first-order valence-electron chi connectivity index (χ1n) is 5.98. The molecule has 0 aliphatic carbocycles. The smallest absolute Gasteiger partial charge is 0.481 e. The van der Waals surface area contributed by atoms with Gasteiger partial charge in [-0.25, -0.2) is 0 Å². The molecule has 116 valence electrons. The third-order valence-electron chi connectivity index (χ3n) is 2.60. The number of para-hydroxylation sites is 1. The Labute approximate surface area is 128 Å². The lowest BCUT2D eigenvalue weighted by atomic mass is 10.1. The first-order valence-corrected chi connectivity index (χ1v) is 6.36. The summed E-state index contributed by atoms with van der Waals surface area (Å²) in [4.78, 5) is 14.7. The number of aliphatic carboxylic acids is 1. The van der Waals surface area contributed by atoms with Crippen molar-refractivity contribution in [3.8, 4) is 17.0 Å². The second kappa shape index (κ2) is 6.23. The summed E-state index contributed by atoms with van der Waals surface area (Å²) in [6.45, 7) is 0. The van der Waals surface area contributed by atoms with Gasteiger partial charge in [0.05, 0.1) is 22.8 Å². The van der Waals surface area contributed by atoms with Crippen molar-refractivity contribution in [2.45, 2.75) is 12.8 Å². The fourth-order valence-corrected chi connectivity index (χ4v) is 2.01. The quantitative estimate of drug-likeness (QED) is 0.922. The maximum Gasteiger partial charge on any atom is 0.573 e. The number of hydrogen-bond donors (Lipinski definition) is 1. The molecule has 0 spiro atoms. The fraction of sp³-hybridized carbons (Fsp3) is 0.143. The molecule has 0 bridgehead atoms. The summed E-state index contributed by atoms with van der Waals surface area (Å²) in [6.07, 6.45) is -5.23. The third kappa shape index (κ3) is 4.11. The molecule has 0 fully saturated rings. The van der Waals surface area contributed by atoms with Crippen LogP contribution < -0.4 is 4.74 Å². The van der Waals surface area contributed by atoms with Crippen molar-refractivity contribution in [1.29, 1.82) is 0 Å². The molecule has 0 aliphatic heterocycles. The van der Waals surface area contributed by atoms with Gasteiger partial charge in [-0.3, -0.25) is 9.78 Å². The number of halogens is 4. The first-order chi connectivity index (χ1) is 10.3. The van der Waals surface area contributed by atoms with Crippen LogP contribution in [0.3, 0.4) is 0 Å². The number of benzene rings is 1. The Morgan fingerprint density at radius 2 is 1.91 bits per heavy atom. The molecular weight excluding hydrogens is 323 g/mol. The van der Waals surface area contributed by atoms with Crippen molar-refractivity contribution < 1.29 is 27.8 Å². The van der Waals surface area contributed by atoms with Crippen LogP contribution in [0.1, 0.15) is 5.69 Å². The molecule has 0 aliphatic rings. The number of aromatic nitrogens is 1. The van der Waals surface area contributed by atoms with Crippen molar-refractivity contribution in [2.75, 3.05) is 0 Å². The second-order valence-corrected chi connectivity index (χ2v) is 4.65. The first kappa shape index (κ1) is 16.1. The third-order valence-corrected chi connectivity index (χ3v) is 2.91. The van der Waals surface area contributed by atoms with Gasteiger partial charge in [0.1, 0.15) is 5.75 Å². The lowest BCUT2D eigenvalue weighted by Crippen LogP contribution is -2.17. The van der Waals surface area contributed by atoms with Crippen LogP contribution in [0.15, 0.2) is 36.4 Å². The Hall–Kier alpha value is -2.28. The summed E-state index contributed by atoms with van der Waals surface area (Å²) < 4.78 is 41.3. The number of nitrogens with zero attached hydrogens (tertiary/aromatic N) is 1. The van der Waals surface area contributed by atoms with E-state index in [1.165, 1.54) is 30.3 Å². The van der Waals surface area contributed by atoms with Gasteiger partial charge in [-0.1, -0.05) is 23.7 Å². The van der Waals surface area contributed by atoms with Crippen LogP contribution in [0.5, 0.6) is 5.75 Å². The summed E-state index contributed by atoms with van der Waals surface area (Å²) in [7, 11) is 0. The zero-order valence-electron chi connectivity index (χ0n) is 10.9. The number of pyridine rings is 1. The monoisotopic (exact) mass is 331 g/mol. The molecule has 0 radical (unpaired) electrons. The fourth-order valence-electron chi connectivity index (χ4n) is 1.80. The second-order valence-electron chi connectivity index (χ2n) is 4.25. The molecule has 0 amide bonds. The van der Waals surface area contributed by atoms with E-state index in [9.17, 15) is 18.0 Å². The lowest BCUT2D eigenvalue weighted by molar-refractivity contribution is -0.274. The standard InChI is InChI=1S/C14H9ClF3NO3/c15-10-6-5-8(7-12(20)21)19-13(10)9-3-1-2-4-11(9)22-14(16,17)18/h1-6H,7H2,(H,20,21). The van der Waals surface area contributed by atoms with E-state index >= 15 is 0 Å². The molecule has 1 N–H and O–H groups in total. The van der Waals surface area contributed by atoms with Crippen LogP contribution in [0, 0.1) is 0 Å². The number of carbonyl (C=O) groups is 1. The van der Waals surface area contributed by atoms with Crippen molar-refractivity contribution in [3.05, 3.63) is 47.1 Å². The number of rotatable bonds is 4. The van der Waals surface area contributed by atoms with Gasteiger partial charge in [0.25, 0.3) is 0 Å². The average Bonchev–Trinajstić information content (AvgIpc) is 2.39. The van der Waals surface area contributed by atoms with E-state index < -0.39 is 18.1 Å². The van der Waals surface area contributed by atoms with E-state index in [2.05, 4.69) is 9.72 Å². The minimum Gasteiger partial charge on any atom is -0.481 e. The molecule has 0 saturated heterocycles. The number of ether oxygens (including phenoxy) is 1. The van der Waals surface area contributed by atoms with Gasteiger partial charge in [-0.15, -0.1) is 13.2 Å². The number of carboxylic acids is 1. The Balaban J connectivity index is 2.49. The normalized spacial score (nSPS) is 11.3. The minimum atomic E-state index is -4.86. The molecule has 0 unspecified atom stereocenters. The van der Waals surface area contributed by atoms with Gasteiger partial charge >= 0.3 is 12.3 Å². The lowest BCUT2D eigenvalue weighted by Gasteiger charge is -2.14. The Morgan fingerprint density at radius 3 is 2.55 bits per heavy atom. The van der Waals surface area contributed by atoms with E-state index in [0.717, 1.165) is 6.07 Å². The summed E-state index contributed by atoms with van der Waals surface area (Å²) >= 11 is 5.96. The van der Waals surface area contributed by atoms with Gasteiger partial charge in [-0.2, -0.15) is 0 Å². The van der Waals surface area contributed by atoms with E-state index in [4.69, 9.17) is 16.7 Å². The predicted molar refractivity (Wildman–Crippen MR) is 72.7 cm³/mol. The van der Waals surface area contributed by atoms with Gasteiger partial charge in [0, 0.05) is 5.56 Å². The van der Waals surface area contributed by atoms with Crippen molar-refractivity contribution in [3.63, 3.8) is 0 Å². The molecule has 4 nitrogen and oxygen atoms in total. The van der Waals surface area contributed by atoms with Gasteiger partial charge in [-0.05, 0) is 24.3 Å². The minimum absolute atomic E-state index is 0.0251. The molecule has 2 rings (SSSR count). The molecule has 1 heterocycles. The summed E-state index contributed by atoms with van der Waals surface area (Å²) in [6, 6.07) is 8.14.